The Labute approximate surface area is 156 Å². The summed E-state index contributed by atoms with van der Waals surface area (Å²) in [6, 6.07) is 7.49. The number of esters is 1. The van der Waals surface area contributed by atoms with Crippen molar-refractivity contribution in [1.82, 2.24) is 0 Å². The fourth-order valence-electron chi connectivity index (χ4n) is 2.98. The molecule has 5 nitrogen and oxygen atoms in total. The van der Waals surface area contributed by atoms with Crippen molar-refractivity contribution in [2.75, 3.05) is 19.0 Å². The lowest BCUT2D eigenvalue weighted by molar-refractivity contribution is -0.111. The lowest BCUT2D eigenvalue weighted by Gasteiger charge is -2.05. The van der Waals surface area contributed by atoms with Gasteiger partial charge in [0.2, 0.25) is 5.91 Å². The minimum Gasteiger partial charge on any atom is -0.494 e. The number of thiophene rings is 1. The molecule has 3 rings (SSSR count). The Morgan fingerprint density at radius 2 is 2.00 bits per heavy atom. The molecular formula is C20H21NO4S. The summed E-state index contributed by atoms with van der Waals surface area (Å²) in [5.41, 5.74) is 2.42. The molecule has 6 heteroatoms. The number of hydrogen-bond donors (Lipinski definition) is 1. The van der Waals surface area contributed by atoms with Crippen LogP contribution < -0.4 is 10.1 Å². The number of carbonyl (C=O) groups is 2. The summed E-state index contributed by atoms with van der Waals surface area (Å²) in [6.45, 7) is 2.55. The van der Waals surface area contributed by atoms with Crippen LogP contribution in [-0.4, -0.2) is 25.6 Å². The van der Waals surface area contributed by atoms with Crippen molar-refractivity contribution in [3.05, 3.63) is 51.9 Å². The molecule has 136 valence electrons. The highest BCUT2D eigenvalue weighted by molar-refractivity contribution is 7.17. The second-order valence-electron chi connectivity index (χ2n) is 5.88. The maximum atomic E-state index is 12.3. The predicted octanol–water partition coefficient (Wildman–Crippen LogP) is 4.07. The van der Waals surface area contributed by atoms with Crippen LogP contribution in [0.15, 0.2) is 30.3 Å². The number of aryl methyl sites for hydroxylation is 1. The highest BCUT2D eigenvalue weighted by Gasteiger charge is 2.27. The van der Waals surface area contributed by atoms with E-state index in [-0.39, 0.29) is 5.91 Å². The van der Waals surface area contributed by atoms with E-state index in [1.165, 1.54) is 24.5 Å². The molecule has 0 atom stereocenters. The van der Waals surface area contributed by atoms with Crippen LogP contribution in [0.2, 0.25) is 0 Å². The third kappa shape index (κ3) is 3.96. The Bertz CT molecular complexity index is 836. The lowest BCUT2D eigenvalue weighted by Crippen LogP contribution is -2.12. The van der Waals surface area contributed by atoms with Gasteiger partial charge >= 0.3 is 5.97 Å². The minimum atomic E-state index is -0.393. The Morgan fingerprint density at radius 3 is 2.69 bits per heavy atom. The normalized spacial score (nSPS) is 12.8. The first-order valence-corrected chi connectivity index (χ1v) is 9.38. The van der Waals surface area contributed by atoms with E-state index >= 15 is 0 Å². The topological polar surface area (TPSA) is 64.6 Å². The highest BCUT2D eigenvalue weighted by Crippen LogP contribution is 2.39. The van der Waals surface area contributed by atoms with Crippen LogP contribution in [0.3, 0.4) is 0 Å². The number of methoxy groups -OCH3 is 1. The number of rotatable bonds is 6. The number of anilines is 1. The SMILES string of the molecule is CCOc1ccc(/C=C/C(=O)Nc2sc3c(c2C(=O)OC)CCC3)cc1. The van der Waals surface area contributed by atoms with Crippen LogP contribution in [0.25, 0.3) is 6.08 Å². The molecule has 1 amide bonds. The summed E-state index contributed by atoms with van der Waals surface area (Å²) in [7, 11) is 1.36. The second kappa shape index (κ2) is 8.19. The smallest absolute Gasteiger partial charge is 0.341 e. The van der Waals surface area contributed by atoms with Crippen molar-refractivity contribution in [3.63, 3.8) is 0 Å². The van der Waals surface area contributed by atoms with Gasteiger partial charge < -0.3 is 14.8 Å². The van der Waals surface area contributed by atoms with E-state index in [4.69, 9.17) is 9.47 Å². The molecule has 0 spiro atoms. The molecule has 1 aliphatic rings. The predicted molar refractivity (Wildman–Crippen MR) is 103 cm³/mol. The summed E-state index contributed by atoms with van der Waals surface area (Å²) in [5, 5.41) is 3.40. The number of nitrogens with one attached hydrogen (secondary N) is 1. The first kappa shape index (κ1) is 18.2. The Balaban J connectivity index is 1.71. The van der Waals surface area contributed by atoms with Gasteiger partial charge in [-0.15, -0.1) is 11.3 Å². The van der Waals surface area contributed by atoms with Crippen LogP contribution in [0.5, 0.6) is 5.75 Å². The molecule has 0 saturated heterocycles. The third-order valence-corrected chi connectivity index (χ3v) is 5.37. The standard InChI is InChI=1S/C20H21NO4S/c1-3-25-14-10-7-13(8-11-14)9-12-17(22)21-19-18(20(23)24-2)15-5-4-6-16(15)26-19/h7-12H,3-6H2,1-2H3,(H,21,22)/b12-9+. The van der Waals surface area contributed by atoms with E-state index in [1.807, 2.05) is 31.2 Å². The van der Waals surface area contributed by atoms with Crippen molar-refractivity contribution < 1.29 is 19.1 Å². The van der Waals surface area contributed by atoms with E-state index in [2.05, 4.69) is 5.32 Å². The maximum absolute atomic E-state index is 12.3. The summed E-state index contributed by atoms with van der Waals surface area (Å²) >= 11 is 1.47. The van der Waals surface area contributed by atoms with Gasteiger partial charge in [0.05, 0.1) is 19.3 Å². The fraction of sp³-hybridized carbons (Fsp3) is 0.300. The van der Waals surface area contributed by atoms with Crippen molar-refractivity contribution in [2.45, 2.75) is 26.2 Å². The fourth-order valence-corrected chi connectivity index (χ4v) is 4.26. The number of ether oxygens (including phenoxy) is 2. The van der Waals surface area contributed by atoms with Gasteiger partial charge in [-0.3, -0.25) is 4.79 Å². The molecule has 0 fully saturated rings. The molecule has 1 aromatic heterocycles. The molecule has 0 aliphatic heterocycles. The molecule has 26 heavy (non-hydrogen) atoms. The minimum absolute atomic E-state index is 0.274. The van der Waals surface area contributed by atoms with Crippen LogP contribution in [-0.2, 0) is 22.4 Å². The quantitative estimate of drug-likeness (QED) is 0.614. The van der Waals surface area contributed by atoms with Crippen molar-refractivity contribution >= 4 is 34.3 Å². The Kier molecular flexibility index (Phi) is 5.73. The number of amides is 1. The summed E-state index contributed by atoms with van der Waals surface area (Å²) in [6.07, 6.45) is 6.03. The molecule has 0 bridgehead atoms. The van der Waals surface area contributed by atoms with Crippen LogP contribution in [0.1, 0.15) is 39.7 Å². The molecule has 1 N–H and O–H groups in total. The highest BCUT2D eigenvalue weighted by atomic mass is 32.1. The first-order chi connectivity index (χ1) is 12.6. The third-order valence-electron chi connectivity index (χ3n) is 4.17. The summed E-state index contributed by atoms with van der Waals surface area (Å²) in [5.74, 6) is 0.129. The van der Waals surface area contributed by atoms with Gasteiger partial charge in [0.1, 0.15) is 10.8 Å². The van der Waals surface area contributed by atoms with Crippen LogP contribution >= 0.6 is 11.3 Å². The number of hydrogen-bond acceptors (Lipinski definition) is 5. The Hall–Kier alpha value is -2.60. The van der Waals surface area contributed by atoms with Gasteiger partial charge in [-0.1, -0.05) is 12.1 Å². The molecule has 0 unspecified atom stereocenters. The summed E-state index contributed by atoms with van der Waals surface area (Å²) in [4.78, 5) is 25.5. The zero-order chi connectivity index (χ0) is 18.5. The average molecular weight is 371 g/mol. The zero-order valence-corrected chi connectivity index (χ0v) is 15.7. The first-order valence-electron chi connectivity index (χ1n) is 8.57. The summed E-state index contributed by atoms with van der Waals surface area (Å²) < 4.78 is 10.3. The molecule has 1 heterocycles. The molecule has 1 aromatic carbocycles. The average Bonchev–Trinajstić information content (AvgIpc) is 3.21. The van der Waals surface area contributed by atoms with Crippen LogP contribution in [0.4, 0.5) is 5.00 Å². The second-order valence-corrected chi connectivity index (χ2v) is 6.98. The van der Waals surface area contributed by atoms with Crippen molar-refractivity contribution in [3.8, 4) is 5.75 Å². The number of carbonyl (C=O) groups excluding carboxylic acids is 2. The van der Waals surface area contributed by atoms with Gasteiger partial charge in [-0.2, -0.15) is 0 Å². The molecular weight excluding hydrogens is 350 g/mol. The van der Waals surface area contributed by atoms with E-state index < -0.39 is 5.97 Å². The molecule has 2 aromatic rings. The van der Waals surface area contributed by atoms with Gasteiger partial charge in [-0.25, -0.2) is 4.79 Å². The monoisotopic (exact) mass is 371 g/mol. The number of benzene rings is 1. The van der Waals surface area contributed by atoms with E-state index in [9.17, 15) is 9.59 Å². The Morgan fingerprint density at radius 1 is 1.23 bits per heavy atom. The number of fused-ring (bicyclic) bond motifs is 1. The maximum Gasteiger partial charge on any atom is 0.341 e. The zero-order valence-electron chi connectivity index (χ0n) is 14.8. The van der Waals surface area contributed by atoms with E-state index in [1.54, 1.807) is 6.08 Å². The van der Waals surface area contributed by atoms with Crippen molar-refractivity contribution in [2.24, 2.45) is 0 Å². The molecule has 0 radical (unpaired) electrons. The van der Waals surface area contributed by atoms with Crippen LogP contribution in [0, 0.1) is 0 Å². The lowest BCUT2D eigenvalue weighted by atomic mass is 10.1. The van der Waals surface area contributed by atoms with E-state index in [0.717, 1.165) is 41.0 Å². The van der Waals surface area contributed by atoms with E-state index in [0.29, 0.717) is 17.2 Å². The van der Waals surface area contributed by atoms with Gasteiger partial charge in [0.25, 0.3) is 0 Å². The molecule has 0 saturated carbocycles. The molecule has 1 aliphatic carbocycles. The van der Waals surface area contributed by atoms with Gasteiger partial charge in [0.15, 0.2) is 0 Å². The van der Waals surface area contributed by atoms with Gasteiger partial charge in [0, 0.05) is 11.0 Å². The largest absolute Gasteiger partial charge is 0.494 e. The van der Waals surface area contributed by atoms with Gasteiger partial charge in [-0.05, 0) is 55.5 Å². The van der Waals surface area contributed by atoms with Crippen molar-refractivity contribution in [1.29, 1.82) is 0 Å².